The molecule has 0 unspecified atom stereocenters. The highest BCUT2D eigenvalue weighted by atomic mass is 79.9. The molecule has 3 aromatic rings. The van der Waals surface area contributed by atoms with E-state index in [1.54, 1.807) is 6.07 Å². The van der Waals surface area contributed by atoms with Gasteiger partial charge in [-0.3, -0.25) is 4.57 Å². The molecule has 1 aromatic heterocycles. The zero-order chi connectivity index (χ0) is 15.1. The van der Waals surface area contributed by atoms with Gasteiger partial charge in [0.1, 0.15) is 11.6 Å². The van der Waals surface area contributed by atoms with Crippen molar-refractivity contribution in [3.05, 3.63) is 62.6 Å². The van der Waals surface area contributed by atoms with Crippen LogP contribution in [-0.4, -0.2) is 4.57 Å². The van der Waals surface area contributed by atoms with Gasteiger partial charge in [0.25, 0.3) is 0 Å². The van der Waals surface area contributed by atoms with E-state index in [9.17, 15) is 13.6 Å². The number of nitrogen functional groups attached to an aromatic ring is 1. The topological polar surface area (TPSA) is 61.2 Å². The third-order valence-electron chi connectivity index (χ3n) is 3.15. The predicted octanol–water partition coefficient (Wildman–Crippen LogP) is 3.27. The van der Waals surface area contributed by atoms with Gasteiger partial charge in [-0.05, 0) is 46.3 Å². The predicted molar refractivity (Wildman–Crippen MR) is 78.0 cm³/mol. The van der Waals surface area contributed by atoms with Crippen LogP contribution in [0.5, 0.6) is 0 Å². The maximum atomic E-state index is 14.0. The molecule has 0 amide bonds. The van der Waals surface area contributed by atoms with Crippen molar-refractivity contribution >= 4 is 32.7 Å². The summed E-state index contributed by atoms with van der Waals surface area (Å²) in [6.07, 6.45) is 0. The highest BCUT2D eigenvalue weighted by molar-refractivity contribution is 9.10. The first-order chi connectivity index (χ1) is 9.97. The maximum Gasteiger partial charge on any atom is 0.420 e. The molecule has 0 aliphatic carbocycles. The Balaban J connectivity index is 2.19. The summed E-state index contributed by atoms with van der Waals surface area (Å²) in [5, 5.41) is 0. The molecule has 0 bridgehead atoms. The second kappa shape index (κ2) is 5.00. The first kappa shape index (κ1) is 13.8. The molecule has 3 rings (SSSR count). The van der Waals surface area contributed by atoms with Gasteiger partial charge in [0.2, 0.25) is 0 Å². The minimum Gasteiger partial charge on any atom is -0.408 e. The Hall–Kier alpha value is -2.15. The normalized spacial score (nSPS) is 11.2. The van der Waals surface area contributed by atoms with E-state index in [0.29, 0.717) is 16.8 Å². The highest BCUT2D eigenvalue weighted by Crippen LogP contribution is 2.24. The number of nitrogens with zero attached hydrogens (tertiary/aromatic N) is 1. The summed E-state index contributed by atoms with van der Waals surface area (Å²) in [5.74, 6) is -2.18. The van der Waals surface area contributed by atoms with Crippen LogP contribution in [0.2, 0.25) is 0 Å². The molecule has 0 spiro atoms. The van der Waals surface area contributed by atoms with E-state index in [-0.39, 0.29) is 16.6 Å². The van der Waals surface area contributed by atoms with Crippen LogP contribution >= 0.6 is 15.9 Å². The summed E-state index contributed by atoms with van der Waals surface area (Å²) in [6.45, 7) is -0.285. The zero-order valence-corrected chi connectivity index (χ0v) is 12.2. The van der Waals surface area contributed by atoms with Crippen LogP contribution in [0, 0.1) is 11.6 Å². The molecule has 2 aromatic carbocycles. The van der Waals surface area contributed by atoms with Crippen molar-refractivity contribution in [3.63, 3.8) is 0 Å². The van der Waals surface area contributed by atoms with Gasteiger partial charge in [-0.25, -0.2) is 13.6 Å². The number of hydrogen-bond donors (Lipinski definition) is 1. The van der Waals surface area contributed by atoms with Crippen LogP contribution in [0.4, 0.5) is 14.5 Å². The van der Waals surface area contributed by atoms with Crippen molar-refractivity contribution in [1.29, 1.82) is 0 Å². The lowest BCUT2D eigenvalue weighted by atomic mass is 10.2. The van der Waals surface area contributed by atoms with Crippen LogP contribution in [0.1, 0.15) is 5.56 Å². The van der Waals surface area contributed by atoms with Gasteiger partial charge in [-0.15, -0.1) is 0 Å². The third-order valence-corrected chi connectivity index (χ3v) is 3.76. The molecule has 0 saturated heterocycles. The quantitative estimate of drug-likeness (QED) is 0.567. The average Bonchev–Trinajstić information content (AvgIpc) is 2.75. The van der Waals surface area contributed by atoms with Crippen molar-refractivity contribution in [1.82, 2.24) is 4.57 Å². The van der Waals surface area contributed by atoms with Gasteiger partial charge in [-0.1, -0.05) is 0 Å². The van der Waals surface area contributed by atoms with Gasteiger partial charge >= 0.3 is 5.76 Å². The number of anilines is 1. The molecule has 0 fully saturated rings. The lowest BCUT2D eigenvalue weighted by Gasteiger charge is -2.07. The van der Waals surface area contributed by atoms with Crippen LogP contribution in [0.25, 0.3) is 11.1 Å². The van der Waals surface area contributed by atoms with Crippen LogP contribution in [0.3, 0.4) is 0 Å². The Labute approximate surface area is 125 Å². The fourth-order valence-corrected chi connectivity index (χ4v) is 2.47. The lowest BCUT2D eigenvalue weighted by Crippen LogP contribution is -2.16. The second-order valence-electron chi connectivity index (χ2n) is 4.50. The fraction of sp³-hybridized carbons (Fsp3) is 0.0714. The largest absolute Gasteiger partial charge is 0.420 e. The molecule has 0 radical (unpaired) electrons. The molecule has 4 nitrogen and oxygen atoms in total. The van der Waals surface area contributed by atoms with Crippen molar-refractivity contribution < 1.29 is 13.2 Å². The molecule has 0 atom stereocenters. The molecule has 2 N–H and O–H groups in total. The fourth-order valence-electron chi connectivity index (χ4n) is 2.10. The molecule has 108 valence electrons. The van der Waals surface area contributed by atoms with Gasteiger partial charge in [-0.2, -0.15) is 0 Å². The van der Waals surface area contributed by atoms with Crippen molar-refractivity contribution in [3.8, 4) is 0 Å². The number of oxazole rings is 1. The summed E-state index contributed by atoms with van der Waals surface area (Å²) in [7, 11) is 0. The molecule has 7 heteroatoms. The highest BCUT2D eigenvalue weighted by Gasteiger charge is 2.17. The molecular formula is C14H9BrF2N2O2. The van der Waals surface area contributed by atoms with E-state index in [2.05, 4.69) is 15.9 Å². The Kier molecular flexibility index (Phi) is 3.29. The standard InChI is InChI=1S/C14H9BrF2N2O2/c15-9-2-3-10(16)8(13(9)17)6-19-11-5-7(18)1-4-12(11)21-14(19)20/h1-5H,6,18H2. The smallest absolute Gasteiger partial charge is 0.408 e. The van der Waals surface area contributed by atoms with E-state index in [1.165, 1.54) is 18.2 Å². The second-order valence-corrected chi connectivity index (χ2v) is 5.36. The van der Waals surface area contributed by atoms with Gasteiger partial charge in [0.15, 0.2) is 5.58 Å². The molecule has 1 heterocycles. The lowest BCUT2D eigenvalue weighted by molar-refractivity contribution is 0.498. The number of halogens is 3. The summed E-state index contributed by atoms with van der Waals surface area (Å²) in [4.78, 5) is 11.9. The average molecular weight is 355 g/mol. The minimum absolute atomic E-state index is 0.124. The van der Waals surface area contributed by atoms with Gasteiger partial charge in [0, 0.05) is 11.3 Å². The molecule has 0 aliphatic rings. The number of aromatic nitrogens is 1. The minimum atomic E-state index is -0.750. The summed E-state index contributed by atoms with van der Waals surface area (Å²) < 4.78 is 34.1. The van der Waals surface area contributed by atoms with Gasteiger partial charge in [0.05, 0.1) is 16.5 Å². The third kappa shape index (κ3) is 2.33. The van der Waals surface area contributed by atoms with Crippen LogP contribution < -0.4 is 11.5 Å². The maximum absolute atomic E-state index is 14.0. The molecule has 21 heavy (non-hydrogen) atoms. The number of nitrogens with two attached hydrogens (primary N) is 1. The Morgan fingerprint density at radius 3 is 2.76 bits per heavy atom. The molecule has 0 saturated carbocycles. The van der Waals surface area contributed by atoms with Crippen molar-refractivity contribution in [2.45, 2.75) is 6.54 Å². The first-order valence-corrected chi connectivity index (χ1v) is 6.78. The van der Waals surface area contributed by atoms with Crippen LogP contribution in [-0.2, 0) is 6.54 Å². The van der Waals surface area contributed by atoms with Crippen molar-refractivity contribution in [2.24, 2.45) is 0 Å². The summed E-state index contributed by atoms with van der Waals surface area (Å²) in [5.41, 5.74) is 6.56. The van der Waals surface area contributed by atoms with E-state index in [4.69, 9.17) is 10.2 Å². The van der Waals surface area contributed by atoms with E-state index in [0.717, 1.165) is 10.6 Å². The Morgan fingerprint density at radius 2 is 2.00 bits per heavy atom. The van der Waals surface area contributed by atoms with E-state index < -0.39 is 17.4 Å². The monoisotopic (exact) mass is 354 g/mol. The van der Waals surface area contributed by atoms with E-state index >= 15 is 0 Å². The van der Waals surface area contributed by atoms with E-state index in [1.807, 2.05) is 0 Å². The number of rotatable bonds is 2. The summed E-state index contributed by atoms with van der Waals surface area (Å²) >= 11 is 2.99. The SMILES string of the molecule is Nc1ccc2oc(=O)n(Cc3c(F)ccc(Br)c3F)c2c1. The number of benzene rings is 2. The van der Waals surface area contributed by atoms with Gasteiger partial charge < -0.3 is 10.2 Å². The van der Waals surface area contributed by atoms with Crippen LogP contribution in [0.15, 0.2) is 44.0 Å². The number of hydrogen-bond acceptors (Lipinski definition) is 3. The molecular weight excluding hydrogens is 346 g/mol. The molecule has 0 aliphatic heterocycles. The number of fused-ring (bicyclic) bond motifs is 1. The Bertz CT molecular complexity index is 902. The Morgan fingerprint density at radius 1 is 1.24 bits per heavy atom. The first-order valence-electron chi connectivity index (χ1n) is 5.98. The zero-order valence-electron chi connectivity index (χ0n) is 10.6. The summed E-state index contributed by atoms with van der Waals surface area (Å²) in [6, 6.07) is 7.03. The van der Waals surface area contributed by atoms with Crippen molar-refractivity contribution in [2.75, 3.05) is 5.73 Å².